The fraction of sp³-hybridized carbons (Fsp3) is 0.219. The van der Waals surface area contributed by atoms with Crippen molar-refractivity contribution in [2.24, 2.45) is 0 Å². The van der Waals surface area contributed by atoms with E-state index >= 15 is 4.39 Å². The number of hydrogen-bond acceptors (Lipinski definition) is 5. The molecule has 2 heterocycles. The lowest BCUT2D eigenvalue weighted by atomic mass is 9.99. The molecule has 2 aromatic heterocycles. The number of nitrogens with zero attached hydrogens (tertiary/aromatic N) is 1. The fourth-order valence-electron chi connectivity index (χ4n) is 4.10. The predicted octanol–water partition coefficient (Wildman–Crippen LogP) is 8.86. The van der Waals surface area contributed by atoms with Crippen molar-refractivity contribution in [3.8, 4) is 11.1 Å². The molecule has 198 valence electrons. The minimum absolute atomic E-state index is 0.383. The molecular weight excluding hydrogens is 491 g/mol. The van der Waals surface area contributed by atoms with Gasteiger partial charge in [-0.25, -0.2) is 4.39 Å². The Labute approximate surface area is 230 Å². The van der Waals surface area contributed by atoms with Gasteiger partial charge in [-0.2, -0.15) is 0 Å². The molecule has 0 aliphatic carbocycles. The van der Waals surface area contributed by atoms with E-state index in [2.05, 4.69) is 60.6 Å². The van der Waals surface area contributed by atoms with Gasteiger partial charge in [0, 0.05) is 51.4 Å². The Morgan fingerprint density at radius 1 is 1.16 bits per heavy atom. The van der Waals surface area contributed by atoms with Crippen LogP contribution in [0.3, 0.4) is 0 Å². The van der Waals surface area contributed by atoms with E-state index in [1.807, 2.05) is 25.1 Å². The van der Waals surface area contributed by atoms with Gasteiger partial charge in [0.15, 0.2) is 0 Å². The van der Waals surface area contributed by atoms with Gasteiger partial charge in [0.05, 0.1) is 11.9 Å². The number of thiophene rings is 1. The first-order valence-electron chi connectivity index (χ1n) is 12.7. The standard InChI is InChI=1S/C32H37FN4S/c1-7-9-12-21(3)37-27-16-26(19-35-20-27)29-17-25(31(34)18-30(29)33)15-22(4)36-24(6)23(5)28(11-8-2)32-13-10-14-38-32/h8,10-11,13-14,16-20,36-37H,2-4,7,9,12,15,34H2,1,5-6H3/b24-23+,28-11+. The third-order valence-electron chi connectivity index (χ3n) is 6.24. The number of anilines is 2. The molecule has 4 N–H and O–H groups in total. The molecular formula is C32H37FN4S. The van der Waals surface area contributed by atoms with Gasteiger partial charge in [0.25, 0.3) is 0 Å². The van der Waals surface area contributed by atoms with Gasteiger partial charge in [-0.1, -0.05) is 51.3 Å². The van der Waals surface area contributed by atoms with Gasteiger partial charge >= 0.3 is 0 Å². The third-order valence-corrected chi connectivity index (χ3v) is 7.14. The zero-order chi connectivity index (χ0) is 27.7. The van der Waals surface area contributed by atoms with Crippen LogP contribution in [-0.2, 0) is 6.42 Å². The van der Waals surface area contributed by atoms with Crippen molar-refractivity contribution < 1.29 is 4.39 Å². The monoisotopic (exact) mass is 528 g/mol. The van der Waals surface area contributed by atoms with Crippen LogP contribution >= 0.6 is 11.3 Å². The number of benzene rings is 1. The Kier molecular flexibility index (Phi) is 10.3. The van der Waals surface area contributed by atoms with E-state index in [0.717, 1.165) is 58.8 Å². The molecule has 3 rings (SSSR count). The number of unbranched alkanes of at least 4 members (excludes halogenated alkanes) is 1. The molecule has 6 heteroatoms. The largest absolute Gasteiger partial charge is 0.398 e. The van der Waals surface area contributed by atoms with Gasteiger partial charge < -0.3 is 16.4 Å². The Morgan fingerprint density at radius 3 is 2.63 bits per heavy atom. The summed E-state index contributed by atoms with van der Waals surface area (Å²) in [5.74, 6) is -0.393. The van der Waals surface area contributed by atoms with Gasteiger partial charge in [-0.05, 0) is 73.0 Å². The molecule has 0 aliphatic heterocycles. The van der Waals surface area contributed by atoms with Gasteiger partial charge in [0.2, 0.25) is 0 Å². The summed E-state index contributed by atoms with van der Waals surface area (Å²) in [5.41, 5.74) is 14.1. The molecule has 0 unspecified atom stereocenters. The van der Waals surface area contributed by atoms with Crippen LogP contribution in [0.5, 0.6) is 0 Å². The van der Waals surface area contributed by atoms with Crippen molar-refractivity contribution in [3.63, 3.8) is 0 Å². The van der Waals surface area contributed by atoms with E-state index < -0.39 is 5.82 Å². The molecule has 4 nitrogen and oxygen atoms in total. The number of nitrogens with two attached hydrogens (primary N) is 1. The van der Waals surface area contributed by atoms with Gasteiger partial charge in [0.1, 0.15) is 5.82 Å². The van der Waals surface area contributed by atoms with Crippen molar-refractivity contribution >= 4 is 28.3 Å². The number of hydrogen-bond donors (Lipinski definition) is 3. The normalized spacial score (nSPS) is 12.1. The molecule has 0 aliphatic rings. The van der Waals surface area contributed by atoms with Crippen molar-refractivity contribution in [3.05, 3.63) is 119 Å². The Morgan fingerprint density at radius 2 is 1.95 bits per heavy atom. The molecule has 0 saturated heterocycles. The topological polar surface area (TPSA) is 63.0 Å². The predicted molar refractivity (Wildman–Crippen MR) is 163 cm³/mol. The van der Waals surface area contributed by atoms with E-state index in [1.165, 1.54) is 10.9 Å². The Balaban J connectivity index is 1.81. The van der Waals surface area contributed by atoms with E-state index in [-0.39, 0.29) is 0 Å². The summed E-state index contributed by atoms with van der Waals surface area (Å²) >= 11 is 1.68. The number of nitrogen functional groups attached to an aromatic ring is 1. The summed E-state index contributed by atoms with van der Waals surface area (Å²) in [5, 5.41) is 8.75. The van der Waals surface area contributed by atoms with Crippen molar-refractivity contribution in [2.45, 2.75) is 46.5 Å². The number of aromatic nitrogens is 1. The number of allylic oxidation sites excluding steroid dienone is 7. The molecule has 0 atom stereocenters. The number of halogens is 1. The smallest absolute Gasteiger partial charge is 0.133 e. The van der Waals surface area contributed by atoms with Crippen LogP contribution in [0.2, 0.25) is 0 Å². The van der Waals surface area contributed by atoms with Crippen LogP contribution in [0.4, 0.5) is 15.8 Å². The summed E-state index contributed by atoms with van der Waals surface area (Å²) < 4.78 is 15.0. The maximum Gasteiger partial charge on any atom is 0.133 e. The fourth-order valence-corrected chi connectivity index (χ4v) is 4.91. The molecule has 3 aromatic rings. The quantitative estimate of drug-likeness (QED) is 0.153. The maximum atomic E-state index is 15.0. The highest BCUT2D eigenvalue weighted by Crippen LogP contribution is 2.31. The molecule has 0 saturated carbocycles. The zero-order valence-corrected chi connectivity index (χ0v) is 23.4. The van der Waals surface area contributed by atoms with Crippen LogP contribution in [0.25, 0.3) is 16.7 Å². The average Bonchev–Trinajstić information content (AvgIpc) is 3.42. The van der Waals surface area contributed by atoms with Gasteiger partial charge in [-0.15, -0.1) is 11.3 Å². The van der Waals surface area contributed by atoms with Gasteiger partial charge in [-0.3, -0.25) is 4.98 Å². The molecule has 0 spiro atoms. The summed E-state index contributed by atoms with van der Waals surface area (Å²) in [6.45, 7) is 18.4. The number of pyridine rings is 1. The Hall–Kier alpha value is -3.90. The SMILES string of the molecule is C=C/C=C(\C(C)=C(/C)NC(=C)Cc1cc(-c2cncc(NC(=C)CCCC)c2)c(F)cc1N)c1cccs1. The van der Waals surface area contributed by atoms with Crippen LogP contribution in [0.15, 0.2) is 103 Å². The second-order valence-electron chi connectivity index (χ2n) is 9.27. The molecule has 38 heavy (non-hydrogen) atoms. The number of nitrogens with one attached hydrogen (secondary N) is 2. The first-order chi connectivity index (χ1) is 18.2. The average molecular weight is 529 g/mol. The maximum absolute atomic E-state index is 15.0. The van der Waals surface area contributed by atoms with Crippen LogP contribution in [-0.4, -0.2) is 4.98 Å². The second kappa shape index (κ2) is 13.6. The van der Waals surface area contributed by atoms with Crippen molar-refractivity contribution in [2.75, 3.05) is 11.1 Å². The van der Waals surface area contributed by atoms with Crippen LogP contribution in [0.1, 0.15) is 50.5 Å². The van der Waals surface area contributed by atoms with E-state index in [4.69, 9.17) is 5.73 Å². The molecule has 0 radical (unpaired) electrons. The third kappa shape index (κ3) is 7.56. The molecule has 0 amide bonds. The lowest BCUT2D eigenvalue weighted by Crippen LogP contribution is -2.14. The summed E-state index contributed by atoms with van der Waals surface area (Å²) in [7, 11) is 0. The first-order valence-corrected chi connectivity index (χ1v) is 13.6. The molecule has 1 aromatic carbocycles. The van der Waals surface area contributed by atoms with E-state index in [9.17, 15) is 0 Å². The van der Waals surface area contributed by atoms with E-state index in [1.54, 1.807) is 35.9 Å². The van der Waals surface area contributed by atoms with Crippen molar-refractivity contribution in [1.82, 2.24) is 10.3 Å². The molecule has 0 fully saturated rings. The van der Waals surface area contributed by atoms with Crippen molar-refractivity contribution in [1.29, 1.82) is 0 Å². The number of rotatable bonds is 13. The Bertz CT molecular complexity index is 1370. The highest BCUT2D eigenvalue weighted by Gasteiger charge is 2.14. The van der Waals surface area contributed by atoms with E-state index in [0.29, 0.717) is 23.2 Å². The second-order valence-corrected chi connectivity index (χ2v) is 10.2. The highest BCUT2D eigenvalue weighted by atomic mass is 32.1. The lowest BCUT2D eigenvalue weighted by molar-refractivity contribution is 0.631. The first kappa shape index (κ1) is 28.7. The van der Waals surface area contributed by atoms with Crippen LogP contribution in [0, 0.1) is 5.82 Å². The summed E-state index contributed by atoms with van der Waals surface area (Å²) in [6, 6.07) is 9.15. The summed E-state index contributed by atoms with van der Waals surface area (Å²) in [6.07, 6.45) is 10.6. The highest BCUT2D eigenvalue weighted by molar-refractivity contribution is 7.11. The van der Waals surface area contributed by atoms with Crippen LogP contribution < -0.4 is 16.4 Å². The minimum Gasteiger partial charge on any atom is -0.398 e. The lowest BCUT2D eigenvalue weighted by Gasteiger charge is -2.17. The minimum atomic E-state index is -0.393. The molecule has 0 bridgehead atoms. The zero-order valence-electron chi connectivity index (χ0n) is 22.5. The summed E-state index contributed by atoms with van der Waals surface area (Å²) in [4.78, 5) is 5.48.